The highest BCUT2D eigenvalue weighted by molar-refractivity contribution is 5.88. The van der Waals surface area contributed by atoms with Crippen LogP contribution in [0.5, 0.6) is 0 Å². The normalized spacial score (nSPS) is 21.8. The lowest BCUT2D eigenvalue weighted by Gasteiger charge is -2.36. The van der Waals surface area contributed by atoms with Crippen LogP contribution in [0.4, 0.5) is 14.6 Å². The second-order valence-corrected chi connectivity index (χ2v) is 8.73. The number of hydrogen-bond acceptors (Lipinski definition) is 4. The fourth-order valence-corrected chi connectivity index (χ4v) is 4.53. The predicted molar refractivity (Wildman–Crippen MR) is 114 cm³/mol. The van der Waals surface area contributed by atoms with E-state index in [0.29, 0.717) is 19.0 Å². The first kappa shape index (κ1) is 19.4. The van der Waals surface area contributed by atoms with Crippen LogP contribution in [-0.2, 0) is 13.1 Å². The summed E-state index contributed by atoms with van der Waals surface area (Å²) in [5, 5.41) is 0.941. The van der Waals surface area contributed by atoms with Gasteiger partial charge in [0.15, 0.2) is 0 Å². The van der Waals surface area contributed by atoms with Crippen molar-refractivity contribution in [2.75, 3.05) is 25.0 Å². The Morgan fingerprint density at radius 2 is 1.90 bits per heavy atom. The van der Waals surface area contributed by atoms with E-state index in [1.165, 1.54) is 5.56 Å². The molecule has 0 bridgehead atoms. The van der Waals surface area contributed by atoms with Crippen LogP contribution in [-0.4, -0.2) is 51.5 Å². The highest BCUT2D eigenvalue weighted by Crippen LogP contribution is 2.37. The van der Waals surface area contributed by atoms with Crippen LogP contribution in [0.3, 0.4) is 0 Å². The molecule has 0 N–H and O–H groups in total. The Balaban J connectivity index is 1.44. The number of piperidine rings is 1. The molecule has 158 valence electrons. The van der Waals surface area contributed by atoms with Gasteiger partial charge < -0.3 is 14.4 Å². The van der Waals surface area contributed by atoms with E-state index >= 15 is 0 Å². The van der Waals surface area contributed by atoms with E-state index in [2.05, 4.69) is 27.0 Å². The van der Waals surface area contributed by atoms with Crippen molar-refractivity contribution in [3.63, 3.8) is 0 Å². The number of likely N-dealkylation sites (tertiary alicyclic amines) is 1. The summed E-state index contributed by atoms with van der Waals surface area (Å²) in [6, 6.07) is 12.8. The lowest BCUT2D eigenvalue weighted by molar-refractivity contribution is -0.110. The van der Waals surface area contributed by atoms with E-state index in [-0.39, 0.29) is 13.1 Å². The first-order valence-corrected chi connectivity index (χ1v) is 10.7. The van der Waals surface area contributed by atoms with Crippen LogP contribution < -0.4 is 4.90 Å². The van der Waals surface area contributed by atoms with Gasteiger partial charge in [0, 0.05) is 31.2 Å². The number of benzene rings is 1. The highest BCUT2D eigenvalue weighted by atomic mass is 19.3. The minimum atomic E-state index is -2.69. The Labute approximate surface area is 175 Å². The molecule has 0 spiro atoms. The van der Waals surface area contributed by atoms with Crippen molar-refractivity contribution in [1.29, 1.82) is 0 Å². The van der Waals surface area contributed by atoms with Gasteiger partial charge in [-0.15, -0.1) is 0 Å². The maximum Gasteiger partial charge on any atom is 0.265 e. The number of alkyl halides is 2. The van der Waals surface area contributed by atoms with E-state index < -0.39 is 11.8 Å². The van der Waals surface area contributed by atoms with E-state index in [1.54, 1.807) is 18.3 Å². The molecule has 1 aromatic carbocycles. The first-order chi connectivity index (χ1) is 14.5. The van der Waals surface area contributed by atoms with E-state index in [0.717, 1.165) is 36.2 Å². The van der Waals surface area contributed by atoms with Gasteiger partial charge in [-0.1, -0.05) is 30.3 Å². The topological polar surface area (TPSA) is 37.2 Å². The number of anilines is 1. The maximum atomic E-state index is 14.6. The monoisotopic (exact) mass is 411 g/mol. The summed E-state index contributed by atoms with van der Waals surface area (Å²) in [6.45, 7) is 1.59. The summed E-state index contributed by atoms with van der Waals surface area (Å²) in [4.78, 5) is 13.1. The molecular weight excluding hydrogens is 384 g/mol. The Hall–Kier alpha value is -2.54. The van der Waals surface area contributed by atoms with Crippen LogP contribution in [0.15, 0.2) is 48.9 Å². The van der Waals surface area contributed by atoms with Gasteiger partial charge in [-0.25, -0.2) is 18.7 Å². The molecule has 0 radical (unpaired) electrons. The van der Waals surface area contributed by atoms with Crippen molar-refractivity contribution >= 4 is 16.9 Å². The van der Waals surface area contributed by atoms with Crippen LogP contribution in [0.25, 0.3) is 11.0 Å². The van der Waals surface area contributed by atoms with Gasteiger partial charge >= 0.3 is 0 Å². The highest BCUT2D eigenvalue weighted by Gasteiger charge is 2.43. The molecule has 1 aliphatic carbocycles. The number of rotatable bonds is 6. The Morgan fingerprint density at radius 3 is 2.63 bits per heavy atom. The average molecular weight is 412 g/mol. The second-order valence-electron chi connectivity index (χ2n) is 8.73. The molecule has 3 aromatic rings. The van der Waals surface area contributed by atoms with E-state index in [1.807, 2.05) is 35.0 Å². The third-order valence-electron chi connectivity index (χ3n) is 6.34. The minimum Gasteiger partial charge on any atom is -0.349 e. The van der Waals surface area contributed by atoms with Gasteiger partial charge in [-0.2, -0.15) is 0 Å². The number of hydrogen-bond donors (Lipinski definition) is 0. The predicted octanol–water partition coefficient (Wildman–Crippen LogP) is 4.19. The van der Waals surface area contributed by atoms with E-state index in [4.69, 9.17) is 0 Å². The van der Waals surface area contributed by atoms with Gasteiger partial charge in [0.25, 0.3) is 5.92 Å². The van der Waals surface area contributed by atoms with Crippen LogP contribution >= 0.6 is 0 Å². The molecule has 7 heteroatoms. The third-order valence-corrected chi connectivity index (χ3v) is 6.34. The molecular formula is C23H27F2N5. The summed E-state index contributed by atoms with van der Waals surface area (Å²) in [5.74, 6) is -2.46. The molecule has 2 aliphatic rings. The number of fused-ring (bicyclic) bond motifs is 1. The molecule has 5 rings (SSSR count). The smallest absolute Gasteiger partial charge is 0.265 e. The quantitative estimate of drug-likeness (QED) is 0.610. The molecule has 1 unspecified atom stereocenters. The van der Waals surface area contributed by atoms with Crippen LogP contribution in [0.2, 0.25) is 0 Å². The first-order valence-electron chi connectivity index (χ1n) is 10.7. The number of nitrogens with zero attached hydrogens (tertiary/aromatic N) is 5. The maximum absolute atomic E-state index is 14.6. The van der Waals surface area contributed by atoms with Crippen molar-refractivity contribution in [2.24, 2.45) is 5.92 Å². The van der Waals surface area contributed by atoms with Crippen LogP contribution in [0, 0.1) is 5.92 Å². The Kier molecular flexibility index (Phi) is 4.93. The average Bonchev–Trinajstić information content (AvgIpc) is 3.49. The third kappa shape index (κ3) is 3.78. The molecule has 3 heterocycles. The van der Waals surface area contributed by atoms with Crippen molar-refractivity contribution in [3.05, 3.63) is 54.5 Å². The molecule has 2 fully saturated rings. The van der Waals surface area contributed by atoms with Gasteiger partial charge in [-0.3, -0.25) is 0 Å². The van der Waals surface area contributed by atoms with Crippen molar-refractivity contribution in [2.45, 2.75) is 44.3 Å². The minimum absolute atomic E-state index is 0.177. The largest absolute Gasteiger partial charge is 0.349 e. The summed E-state index contributed by atoms with van der Waals surface area (Å²) in [6.07, 6.45) is 6.26. The molecule has 5 nitrogen and oxygen atoms in total. The van der Waals surface area contributed by atoms with Gasteiger partial charge in [0.05, 0.1) is 11.9 Å². The fourth-order valence-electron chi connectivity index (χ4n) is 4.53. The molecule has 1 saturated carbocycles. The van der Waals surface area contributed by atoms with Gasteiger partial charge in [0.1, 0.15) is 17.8 Å². The van der Waals surface area contributed by atoms with Crippen LogP contribution in [0.1, 0.15) is 24.8 Å². The Morgan fingerprint density at radius 1 is 1.10 bits per heavy atom. The second kappa shape index (κ2) is 7.61. The SMILES string of the molecule is CN1CCC(Cn2ccc3c(N(Cc4ccccc4)C4CC4)ncnc32)C(F)(F)C1. The number of aromatic nitrogens is 3. The van der Waals surface area contributed by atoms with Gasteiger partial charge in [0.2, 0.25) is 0 Å². The van der Waals surface area contributed by atoms with Crippen molar-refractivity contribution in [3.8, 4) is 0 Å². The zero-order chi connectivity index (χ0) is 20.7. The summed E-state index contributed by atoms with van der Waals surface area (Å²) in [7, 11) is 1.76. The molecule has 1 atom stereocenters. The summed E-state index contributed by atoms with van der Waals surface area (Å²) < 4.78 is 31.0. The van der Waals surface area contributed by atoms with Crippen molar-refractivity contribution < 1.29 is 8.78 Å². The molecule has 30 heavy (non-hydrogen) atoms. The number of halogens is 2. The zero-order valence-electron chi connectivity index (χ0n) is 17.2. The molecule has 1 saturated heterocycles. The lowest BCUT2D eigenvalue weighted by Crippen LogP contribution is -2.48. The molecule has 0 amide bonds. The molecule has 1 aliphatic heterocycles. The summed E-state index contributed by atoms with van der Waals surface area (Å²) in [5.41, 5.74) is 1.98. The molecule has 2 aromatic heterocycles. The van der Waals surface area contributed by atoms with Gasteiger partial charge in [-0.05, 0) is 44.5 Å². The summed E-state index contributed by atoms with van der Waals surface area (Å²) >= 11 is 0. The lowest BCUT2D eigenvalue weighted by atomic mass is 9.93. The standard InChI is InChI=1S/C23H27F2N5/c1-28-11-9-18(23(24,25)15-28)14-29-12-10-20-21(29)26-16-27-22(20)30(19-7-8-19)13-17-5-3-2-4-6-17/h2-6,10,12,16,18-19H,7-9,11,13-15H2,1H3. The van der Waals surface area contributed by atoms with Crippen molar-refractivity contribution in [1.82, 2.24) is 19.4 Å². The fraction of sp³-hybridized carbons (Fsp3) is 0.478. The Bertz CT molecular complexity index is 1010. The van der Waals surface area contributed by atoms with E-state index in [9.17, 15) is 8.78 Å². The zero-order valence-corrected chi connectivity index (χ0v) is 17.2.